The molecule has 5 atom stereocenters. The van der Waals surface area contributed by atoms with Crippen LogP contribution in [-0.2, 0) is 23.9 Å². The van der Waals surface area contributed by atoms with Gasteiger partial charge in [-0.2, -0.15) is 5.21 Å². The lowest BCUT2D eigenvalue weighted by Crippen LogP contribution is -2.59. The molecule has 3 fully saturated rings. The fourth-order valence-corrected chi connectivity index (χ4v) is 10.7. The highest BCUT2D eigenvalue weighted by Gasteiger charge is 2.52. The number of aliphatic hydroxyl groups excluding tert-OH is 1. The summed E-state index contributed by atoms with van der Waals surface area (Å²) in [6.07, 6.45) is 4.33. The Morgan fingerprint density at radius 1 is 1.02 bits per heavy atom. The Labute approximate surface area is 330 Å². The highest BCUT2D eigenvalue weighted by Crippen LogP contribution is 2.50. The van der Waals surface area contributed by atoms with Crippen LogP contribution in [0.2, 0.25) is 0 Å². The van der Waals surface area contributed by atoms with Crippen LogP contribution in [0.4, 0.5) is 4.79 Å². The second-order valence-corrected chi connectivity index (χ2v) is 18.6. The van der Waals surface area contributed by atoms with E-state index in [1.165, 1.54) is 0 Å². The number of H-pyrrole nitrogens is 1. The van der Waals surface area contributed by atoms with Crippen molar-refractivity contribution in [3.8, 4) is 0 Å². The number of carbonyl (C=O) groups excluding carboxylic acids is 5. The number of carbonyl (C=O) groups is 5. The van der Waals surface area contributed by atoms with Gasteiger partial charge in [-0.15, -0.1) is 33.7 Å². The number of ether oxygens (including phenoxy) is 1. The molecule has 5 rings (SSSR count). The van der Waals surface area contributed by atoms with E-state index in [9.17, 15) is 29.1 Å². The molecule has 1 aromatic heterocycles. The molecule has 3 heterocycles. The molecule has 0 bridgehead atoms. The van der Waals surface area contributed by atoms with E-state index in [0.717, 1.165) is 50.0 Å². The summed E-state index contributed by atoms with van der Waals surface area (Å²) in [4.78, 5) is 69.9. The minimum Gasteiger partial charge on any atom is -0.444 e. The summed E-state index contributed by atoms with van der Waals surface area (Å²) in [7, 11) is 0. The first kappa shape index (κ1) is 42.2. The van der Waals surface area contributed by atoms with Crippen molar-refractivity contribution >= 4 is 53.2 Å². The van der Waals surface area contributed by atoms with E-state index in [0.29, 0.717) is 24.9 Å². The van der Waals surface area contributed by atoms with Crippen molar-refractivity contribution in [2.24, 2.45) is 5.92 Å². The van der Waals surface area contributed by atoms with Gasteiger partial charge in [-0.25, -0.2) is 4.79 Å². The monoisotopic (exact) mass is 801 g/mol. The summed E-state index contributed by atoms with van der Waals surface area (Å²) in [5.74, 6) is -0.276. The molecule has 5 amide bonds. The van der Waals surface area contributed by atoms with Gasteiger partial charge in [0.05, 0.1) is 16.7 Å². The average Bonchev–Trinajstić information content (AvgIpc) is 3.84. The van der Waals surface area contributed by atoms with E-state index in [4.69, 9.17) is 4.74 Å². The van der Waals surface area contributed by atoms with Gasteiger partial charge in [0, 0.05) is 13.0 Å². The number of aromatic nitrogens is 4. The molecular formula is C37H55N9O7S2. The van der Waals surface area contributed by atoms with E-state index in [1.54, 1.807) is 73.5 Å². The van der Waals surface area contributed by atoms with Crippen molar-refractivity contribution in [3.05, 3.63) is 41.7 Å². The first-order valence-corrected chi connectivity index (χ1v) is 21.2. The number of tetrazole rings is 1. The first-order valence-electron chi connectivity index (χ1n) is 19.2. The zero-order chi connectivity index (χ0) is 39.6. The molecule has 302 valence electrons. The second kappa shape index (κ2) is 19.3. The number of aromatic amines is 1. The number of rotatable bonds is 14. The maximum absolute atomic E-state index is 14.6. The van der Waals surface area contributed by atoms with Crippen LogP contribution in [0.5, 0.6) is 0 Å². The summed E-state index contributed by atoms with van der Waals surface area (Å²) in [6, 6.07) is 5.54. The van der Waals surface area contributed by atoms with Gasteiger partial charge in [0.15, 0.2) is 6.10 Å². The average molecular weight is 802 g/mol. The maximum Gasteiger partial charge on any atom is 0.408 e. The number of aliphatic hydroxyl groups is 1. The summed E-state index contributed by atoms with van der Waals surface area (Å²) in [5.41, 5.74) is -0.0589. The van der Waals surface area contributed by atoms with Gasteiger partial charge in [0.25, 0.3) is 5.91 Å². The van der Waals surface area contributed by atoms with Crippen molar-refractivity contribution in [1.29, 1.82) is 0 Å². The quantitative estimate of drug-likeness (QED) is 0.163. The normalized spacial score (nSPS) is 20.8. The summed E-state index contributed by atoms with van der Waals surface area (Å²) >= 11 is 3.50. The van der Waals surface area contributed by atoms with Gasteiger partial charge < -0.3 is 36.0 Å². The van der Waals surface area contributed by atoms with Crippen molar-refractivity contribution in [3.63, 3.8) is 0 Å². The van der Waals surface area contributed by atoms with Gasteiger partial charge in [-0.1, -0.05) is 68.2 Å². The summed E-state index contributed by atoms with van der Waals surface area (Å²) < 4.78 is 5.17. The number of nitrogens with one attached hydrogen (secondary N) is 5. The minimum absolute atomic E-state index is 0.105. The number of hydrogen-bond acceptors (Lipinski definition) is 12. The summed E-state index contributed by atoms with van der Waals surface area (Å²) in [6.45, 7) is 7.03. The van der Waals surface area contributed by atoms with Crippen LogP contribution in [0.1, 0.15) is 103 Å². The fourth-order valence-electron chi connectivity index (χ4n) is 7.39. The molecule has 2 saturated heterocycles. The molecular weight excluding hydrogens is 747 g/mol. The molecule has 5 unspecified atom stereocenters. The highest BCUT2D eigenvalue weighted by molar-refractivity contribution is 8.18. The molecule has 18 heteroatoms. The Kier molecular flexibility index (Phi) is 14.8. The molecule has 55 heavy (non-hydrogen) atoms. The molecule has 1 saturated carbocycles. The van der Waals surface area contributed by atoms with Gasteiger partial charge in [-0.05, 0) is 69.4 Å². The van der Waals surface area contributed by atoms with E-state index >= 15 is 0 Å². The van der Waals surface area contributed by atoms with Crippen LogP contribution in [0.25, 0.3) is 0 Å². The van der Waals surface area contributed by atoms with E-state index in [2.05, 4.69) is 41.9 Å². The van der Waals surface area contributed by atoms with Crippen LogP contribution < -0.4 is 21.3 Å². The number of alkyl carbamates (subject to hydrolysis) is 1. The number of thioether (sulfide) groups is 2. The molecule has 1 aliphatic carbocycles. The van der Waals surface area contributed by atoms with Gasteiger partial charge >= 0.3 is 6.09 Å². The van der Waals surface area contributed by atoms with Crippen molar-refractivity contribution in [2.75, 3.05) is 24.6 Å². The van der Waals surface area contributed by atoms with Crippen LogP contribution in [0.15, 0.2) is 30.3 Å². The van der Waals surface area contributed by atoms with Gasteiger partial charge in [0.1, 0.15) is 23.7 Å². The molecule has 3 aliphatic rings. The van der Waals surface area contributed by atoms with E-state index in [-0.39, 0.29) is 24.1 Å². The Morgan fingerprint density at radius 2 is 1.73 bits per heavy atom. The smallest absolute Gasteiger partial charge is 0.408 e. The van der Waals surface area contributed by atoms with Crippen LogP contribution >= 0.6 is 23.5 Å². The lowest BCUT2D eigenvalue weighted by Gasteiger charge is -2.36. The number of benzene rings is 1. The SMILES string of the molecule is CCCC(NC(=O)C1CC2(CN1C(=O)C(NC(=O)OC(C)(C)C)C1CCCCC1)SCCCS2)C(O)C(=O)NCC(=O)NC(c1ccccc1)c1nn[nH]n1. The first-order chi connectivity index (χ1) is 26.3. The Bertz CT molecular complexity index is 1600. The lowest BCUT2D eigenvalue weighted by molar-refractivity contribution is -0.142. The summed E-state index contributed by atoms with van der Waals surface area (Å²) in [5, 5.41) is 36.2. The highest BCUT2D eigenvalue weighted by atomic mass is 32.2. The molecule has 1 spiro atoms. The van der Waals surface area contributed by atoms with Gasteiger partial charge in [-0.3, -0.25) is 19.2 Å². The largest absolute Gasteiger partial charge is 0.444 e. The van der Waals surface area contributed by atoms with Crippen LogP contribution in [0.3, 0.4) is 0 Å². The predicted octanol–water partition coefficient (Wildman–Crippen LogP) is 2.81. The zero-order valence-electron chi connectivity index (χ0n) is 32.0. The molecule has 2 aliphatic heterocycles. The third-order valence-corrected chi connectivity index (χ3v) is 13.4. The molecule has 1 aromatic carbocycles. The Balaban J connectivity index is 1.28. The maximum atomic E-state index is 14.6. The Morgan fingerprint density at radius 3 is 2.36 bits per heavy atom. The van der Waals surface area contributed by atoms with E-state index < -0.39 is 70.3 Å². The zero-order valence-corrected chi connectivity index (χ0v) is 33.7. The van der Waals surface area contributed by atoms with Crippen LogP contribution in [-0.4, -0.2) is 119 Å². The molecule has 6 N–H and O–H groups in total. The number of likely N-dealkylation sites (tertiary alicyclic amines) is 1. The third-order valence-electron chi connectivity index (χ3n) is 10.0. The predicted molar refractivity (Wildman–Crippen MR) is 209 cm³/mol. The molecule has 16 nitrogen and oxygen atoms in total. The second-order valence-electron chi connectivity index (χ2n) is 15.4. The van der Waals surface area contributed by atoms with Crippen molar-refractivity contribution in [2.45, 2.75) is 125 Å². The van der Waals surface area contributed by atoms with Crippen molar-refractivity contribution in [1.82, 2.24) is 46.8 Å². The lowest BCUT2D eigenvalue weighted by atomic mass is 9.83. The number of amides is 5. The van der Waals surface area contributed by atoms with E-state index in [1.807, 2.05) is 13.0 Å². The van der Waals surface area contributed by atoms with Gasteiger partial charge in [0.2, 0.25) is 23.5 Å². The van der Waals surface area contributed by atoms with Crippen LogP contribution in [0, 0.1) is 5.92 Å². The molecule has 2 aromatic rings. The fraction of sp³-hybridized carbons (Fsp3) is 0.676. The van der Waals surface area contributed by atoms with Crippen molar-refractivity contribution < 1.29 is 33.8 Å². The standard InChI is InChI=1S/C37H55N9O7S2/c1-5-13-25(30(48)33(50)38-21-27(47)40-28(31-42-44-45-43-31)23-14-8-6-9-15-23)39-32(49)26-20-37(54-18-12-19-55-37)22-46(26)34(51)29(24-16-10-7-11-17-24)41-35(52)53-36(2,3)4/h6,8-9,14-15,24-26,28-30,48H,5,7,10-13,16-22H2,1-4H3,(H,38,50)(H,39,49)(H,40,47)(H,41,52)(H,42,43,44,45). The number of hydrogen-bond donors (Lipinski definition) is 6. The third kappa shape index (κ3) is 11.6. The Hall–Kier alpha value is -3.90. The number of nitrogens with zero attached hydrogens (tertiary/aromatic N) is 4. The minimum atomic E-state index is -1.68. The topological polar surface area (TPSA) is 221 Å². The molecule has 0 radical (unpaired) electrons.